The zero-order chi connectivity index (χ0) is 36.8. The van der Waals surface area contributed by atoms with Gasteiger partial charge < -0.3 is 9.47 Å². The lowest BCUT2D eigenvalue weighted by molar-refractivity contribution is 0.173. The van der Waals surface area contributed by atoms with Gasteiger partial charge >= 0.3 is 12.2 Å². The largest absolute Gasteiger partial charge is 0.445 e. The van der Waals surface area contributed by atoms with Crippen LogP contribution >= 0.6 is 0 Å². The number of nitrogens with one attached hydrogen (secondary N) is 2. The number of rotatable bonds is 18. The van der Waals surface area contributed by atoms with Gasteiger partial charge in [-0.2, -0.15) is 9.98 Å². The number of carbonyl (C=O) groups excluding carboxylic acids is 4. The van der Waals surface area contributed by atoms with E-state index < -0.39 is 12.2 Å². The number of hydrogen-bond acceptors (Lipinski definition) is 8. The molecule has 10 heteroatoms. The predicted molar refractivity (Wildman–Crippen MR) is 203 cm³/mol. The molecule has 4 aromatic rings. The van der Waals surface area contributed by atoms with Gasteiger partial charge in [0.05, 0.1) is 11.4 Å². The van der Waals surface area contributed by atoms with Gasteiger partial charge in [-0.1, -0.05) is 78.9 Å². The summed E-state index contributed by atoms with van der Waals surface area (Å²) in [6.45, 7) is 4.21. The Kier molecular flexibility index (Phi) is 15.8. The molecule has 52 heavy (non-hydrogen) atoms. The molecule has 10 nitrogen and oxygen atoms in total. The first-order chi connectivity index (χ1) is 25.4. The number of hydrogen-bond donors (Lipinski definition) is 2. The lowest BCUT2D eigenvalue weighted by atomic mass is 9.99. The third-order valence-corrected chi connectivity index (χ3v) is 7.76. The van der Waals surface area contributed by atoms with Crippen molar-refractivity contribution < 1.29 is 28.7 Å². The maximum Gasteiger partial charge on any atom is 0.411 e. The number of benzene rings is 4. The minimum atomic E-state index is -0.552. The summed E-state index contributed by atoms with van der Waals surface area (Å²) in [5, 5.41) is 5.51. The Labute approximate surface area is 303 Å². The van der Waals surface area contributed by atoms with E-state index in [1.165, 1.54) is 0 Å². The maximum absolute atomic E-state index is 12.3. The molecule has 264 valence electrons. The topological polar surface area (TPSA) is 136 Å². The van der Waals surface area contributed by atoms with E-state index >= 15 is 0 Å². The van der Waals surface area contributed by atoms with Crippen molar-refractivity contribution in [2.24, 2.45) is 15.9 Å². The molecule has 0 radical (unpaired) electrons. The molecule has 0 bridgehead atoms. The maximum atomic E-state index is 12.3. The van der Waals surface area contributed by atoms with Gasteiger partial charge in [0.1, 0.15) is 13.2 Å². The Balaban J connectivity index is 1.09. The smallest absolute Gasteiger partial charge is 0.411 e. The number of carbonyl (C=O) groups is 2. The number of aliphatic imine (C=N–C) groups is 2. The lowest BCUT2D eigenvalue weighted by Crippen LogP contribution is -2.13. The zero-order valence-corrected chi connectivity index (χ0v) is 28.7. The first-order valence-corrected chi connectivity index (χ1v) is 16.8. The molecule has 0 saturated heterocycles. The van der Waals surface area contributed by atoms with E-state index in [9.17, 15) is 19.2 Å². The minimum Gasteiger partial charge on any atom is -0.445 e. The number of isocyanates is 2. The van der Waals surface area contributed by atoms with Crippen LogP contribution in [0.1, 0.15) is 41.5 Å². The molecule has 0 fully saturated rings. The van der Waals surface area contributed by atoms with Crippen molar-refractivity contribution in [2.75, 3.05) is 23.8 Å². The van der Waals surface area contributed by atoms with Crippen LogP contribution in [-0.4, -0.2) is 37.6 Å². The van der Waals surface area contributed by atoms with Crippen molar-refractivity contribution in [1.82, 2.24) is 0 Å². The summed E-state index contributed by atoms with van der Waals surface area (Å²) in [5.41, 5.74) is 6.25. The summed E-state index contributed by atoms with van der Waals surface area (Å²) in [5.74, 6) is 0.236. The average Bonchev–Trinajstić information content (AvgIpc) is 3.13. The van der Waals surface area contributed by atoms with Crippen LogP contribution in [0.4, 0.5) is 32.3 Å². The molecule has 1 atom stereocenters. The van der Waals surface area contributed by atoms with Crippen LogP contribution in [-0.2, 0) is 31.9 Å². The first-order valence-electron chi connectivity index (χ1n) is 16.8. The van der Waals surface area contributed by atoms with E-state index in [1.807, 2.05) is 103 Å². The highest BCUT2D eigenvalue weighted by atomic mass is 16.6. The van der Waals surface area contributed by atoms with Crippen LogP contribution in [0.3, 0.4) is 0 Å². The van der Waals surface area contributed by atoms with Crippen LogP contribution in [0.5, 0.6) is 0 Å². The van der Waals surface area contributed by atoms with Crippen molar-refractivity contribution >= 4 is 47.1 Å². The summed E-state index contributed by atoms with van der Waals surface area (Å²) in [6, 6.07) is 29.6. The molecule has 4 rings (SSSR count). The Hall–Kier alpha value is -6.60. The van der Waals surface area contributed by atoms with Crippen LogP contribution in [0.2, 0.25) is 0 Å². The van der Waals surface area contributed by atoms with Gasteiger partial charge in [-0.25, -0.2) is 19.2 Å². The fourth-order valence-corrected chi connectivity index (χ4v) is 5.29. The van der Waals surface area contributed by atoms with Crippen LogP contribution in [0.15, 0.2) is 144 Å². The van der Waals surface area contributed by atoms with E-state index in [0.29, 0.717) is 35.6 Å². The fraction of sp³-hybridized carbons (Fsp3) is 0.190. The Morgan fingerprint density at radius 2 is 1.12 bits per heavy atom. The average molecular weight is 697 g/mol. The van der Waals surface area contributed by atoms with Crippen LogP contribution in [0, 0.1) is 5.92 Å². The molecule has 0 aliphatic rings. The molecule has 2 amide bonds. The second-order valence-electron chi connectivity index (χ2n) is 11.7. The number of allylic oxidation sites excluding steroid dienone is 3. The van der Waals surface area contributed by atoms with E-state index in [2.05, 4.69) is 27.2 Å². The summed E-state index contributed by atoms with van der Waals surface area (Å²) < 4.78 is 10.6. The minimum absolute atomic E-state index is 0.134. The van der Waals surface area contributed by atoms with Crippen LogP contribution < -0.4 is 10.6 Å². The van der Waals surface area contributed by atoms with Crippen molar-refractivity contribution in [3.8, 4) is 0 Å². The summed E-state index contributed by atoms with van der Waals surface area (Å²) in [6.07, 6.45) is 15.1. The second-order valence-corrected chi connectivity index (χ2v) is 11.7. The third kappa shape index (κ3) is 14.1. The van der Waals surface area contributed by atoms with E-state index in [0.717, 1.165) is 41.5 Å². The molecule has 2 N–H and O–H groups in total. The molecule has 1 unspecified atom stereocenters. The molecule has 0 spiro atoms. The van der Waals surface area contributed by atoms with Crippen molar-refractivity contribution in [3.05, 3.63) is 156 Å². The highest BCUT2D eigenvalue weighted by molar-refractivity contribution is 5.85. The van der Waals surface area contributed by atoms with Gasteiger partial charge in [0.25, 0.3) is 0 Å². The number of nitrogens with zero attached hydrogens (tertiary/aromatic N) is 2. The Morgan fingerprint density at radius 3 is 1.60 bits per heavy atom. The van der Waals surface area contributed by atoms with Gasteiger partial charge in [-0.15, -0.1) is 6.58 Å². The lowest BCUT2D eigenvalue weighted by Gasteiger charge is -2.09. The SMILES string of the molecule is C=CC(CC=CCOC(=O)Nc1cccc(Cc2cccc(N=C=O)c2)c1)CCC=CCOC(=O)Nc1cccc(Cc2cccc(N=C=O)c2)c1. The zero-order valence-electron chi connectivity index (χ0n) is 28.7. The van der Waals surface area contributed by atoms with Gasteiger partial charge in [-0.3, -0.25) is 10.6 Å². The number of ether oxygens (including phenoxy) is 2. The number of amides is 2. The molecule has 0 aliphatic heterocycles. The highest BCUT2D eigenvalue weighted by Gasteiger charge is 2.07. The van der Waals surface area contributed by atoms with Gasteiger partial charge in [0.2, 0.25) is 12.2 Å². The van der Waals surface area contributed by atoms with Crippen molar-refractivity contribution in [3.63, 3.8) is 0 Å². The Morgan fingerprint density at radius 1 is 0.654 bits per heavy atom. The van der Waals surface area contributed by atoms with Gasteiger partial charge in [0, 0.05) is 11.4 Å². The van der Waals surface area contributed by atoms with Crippen LogP contribution in [0.25, 0.3) is 0 Å². The monoisotopic (exact) mass is 696 g/mol. The van der Waals surface area contributed by atoms with Crippen molar-refractivity contribution in [1.29, 1.82) is 0 Å². The quantitative estimate of drug-likeness (QED) is 0.0604. The second kappa shape index (κ2) is 21.5. The van der Waals surface area contributed by atoms with Gasteiger partial charge in [0.15, 0.2) is 0 Å². The molecule has 0 aliphatic carbocycles. The van der Waals surface area contributed by atoms with E-state index in [1.54, 1.807) is 36.4 Å². The molecular weight excluding hydrogens is 656 g/mol. The predicted octanol–water partition coefficient (Wildman–Crippen LogP) is 9.68. The first kappa shape index (κ1) is 38.2. The van der Waals surface area contributed by atoms with E-state index in [-0.39, 0.29) is 19.1 Å². The molecular formula is C42H40N4O6. The standard InChI is InChI=1S/C42H40N4O6/c1-2-32(13-5-7-23-52-42(50)46-40-21-11-17-36(29-40)25-34-15-9-19-38(27-34)44-31-48)12-4-3-6-22-51-41(49)45-39-20-10-16-35(28-39)24-33-14-8-18-37(26-33)43-30-47/h2-3,5-11,14-21,26-29,32H,1,4,12-13,22-25H2,(H,45,49)(H,46,50). The number of anilines is 2. The molecule has 0 saturated carbocycles. The fourth-order valence-electron chi connectivity index (χ4n) is 5.29. The normalized spacial score (nSPS) is 11.2. The highest BCUT2D eigenvalue weighted by Crippen LogP contribution is 2.21. The molecule has 4 aromatic carbocycles. The Bertz CT molecular complexity index is 1970. The summed E-state index contributed by atoms with van der Waals surface area (Å²) in [7, 11) is 0. The van der Waals surface area contributed by atoms with E-state index in [4.69, 9.17) is 9.47 Å². The summed E-state index contributed by atoms with van der Waals surface area (Å²) >= 11 is 0. The molecule has 0 heterocycles. The molecule has 0 aromatic heterocycles. The van der Waals surface area contributed by atoms with Crippen molar-refractivity contribution in [2.45, 2.75) is 32.1 Å². The van der Waals surface area contributed by atoms with Gasteiger partial charge in [-0.05, 0) is 109 Å². The summed E-state index contributed by atoms with van der Waals surface area (Å²) in [4.78, 5) is 53.0. The third-order valence-electron chi connectivity index (χ3n) is 7.76.